The van der Waals surface area contributed by atoms with Gasteiger partial charge in [0.1, 0.15) is 5.75 Å². The molecule has 0 atom stereocenters. The molecule has 148 valence electrons. The zero-order valence-electron chi connectivity index (χ0n) is 15.8. The van der Waals surface area contributed by atoms with Gasteiger partial charge in [0.2, 0.25) is 11.8 Å². The van der Waals surface area contributed by atoms with Crippen LogP contribution in [-0.2, 0) is 16.1 Å². The Balaban J connectivity index is 1.28. The minimum atomic E-state index is -0.285. The molecule has 4 rings (SSSR count). The monoisotopic (exact) mass is 391 g/mol. The Morgan fingerprint density at radius 1 is 1.17 bits per heavy atom. The van der Waals surface area contributed by atoms with E-state index < -0.39 is 0 Å². The van der Waals surface area contributed by atoms with Gasteiger partial charge in [0.05, 0.1) is 12.7 Å². The molecule has 0 radical (unpaired) electrons. The maximum atomic E-state index is 12.1. The maximum absolute atomic E-state index is 12.1. The molecular formula is C22H21N3O4. The second kappa shape index (κ2) is 8.60. The second-order valence-electron chi connectivity index (χ2n) is 6.70. The van der Waals surface area contributed by atoms with Gasteiger partial charge in [0.25, 0.3) is 5.91 Å². The van der Waals surface area contributed by atoms with Crippen molar-refractivity contribution in [1.29, 1.82) is 0 Å². The van der Waals surface area contributed by atoms with E-state index in [-0.39, 0.29) is 25.0 Å². The molecule has 1 fully saturated rings. The number of amides is 2. The molecule has 1 N–H and O–H groups in total. The summed E-state index contributed by atoms with van der Waals surface area (Å²) in [4.78, 5) is 29.9. The van der Waals surface area contributed by atoms with Gasteiger partial charge in [-0.05, 0) is 18.6 Å². The summed E-state index contributed by atoms with van der Waals surface area (Å²) in [6.45, 7) is 0.755. The van der Waals surface area contributed by atoms with Crippen molar-refractivity contribution in [3.05, 3.63) is 66.7 Å². The molecule has 0 aliphatic carbocycles. The molecule has 0 unspecified atom stereocenters. The molecule has 0 saturated carbocycles. The number of ether oxygens (including phenoxy) is 1. The molecule has 2 heterocycles. The number of oxazole rings is 1. The first-order valence-electron chi connectivity index (χ1n) is 9.49. The van der Waals surface area contributed by atoms with Gasteiger partial charge in [-0.15, -0.1) is 0 Å². The molecule has 1 saturated heterocycles. The lowest BCUT2D eigenvalue weighted by atomic mass is 10.2. The Hall–Kier alpha value is -3.61. The fourth-order valence-corrected chi connectivity index (χ4v) is 3.16. The predicted molar refractivity (Wildman–Crippen MR) is 107 cm³/mol. The van der Waals surface area contributed by atoms with Crippen LogP contribution in [0.15, 0.2) is 65.2 Å². The number of anilines is 1. The minimum Gasteiger partial charge on any atom is -0.484 e. The van der Waals surface area contributed by atoms with Crippen LogP contribution in [0, 0.1) is 0 Å². The maximum Gasteiger partial charge on any atom is 0.258 e. The first-order chi connectivity index (χ1) is 14.2. The smallest absolute Gasteiger partial charge is 0.258 e. The van der Waals surface area contributed by atoms with Crippen LogP contribution in [-0.4, -0.2) is 29.9 Å². The van der Waals surface area contributed by atoms with Crippen molar-refractivity contribution < 1.29 is 18.7 Å². The highest BCUT2D eigenvalue weighted by Gasteiger charge is 2.21. The van der Waals surface area contributed by atoms with Gasteiger partial charge < -0.3 is 19.4 Å². The number of carbonyl (C=O) groups is 2. The lowest BCUT2D eigenvalue weighted by Gasteiger charge is -2.16. The van der Waals surface area contributed by atoms with Crippen LogP contribution >= 0.6 is 0 Å². The van der Waals surface area contributed by atoms with E-state index in [4.69, 9.17) is 9.15 Å². The second-order valence-corrected chi connectivity index (χ2v) is 6.70. The molecule has 7 heteroatoms. The lowest BCUT2D eigenvalue weighted by Crippen LogP contribution is -2.28. The minimum absolute atomic E-state index is 0.112. The van der Waals surface area contributed by atoms with E-state index in [1.165, 1.54) is 0 Å². The summed E-state index contributed by atoms with van der Waals surface area (Å²) in [5.74, 6) is 1.44. The molecule has 0 spiro atoms. The average molecular weight is 391 g/mol. The van der Waals surface area contributed by atoms with E-state index in [1.54, 1.807) is 23.2 Å². The topological polar surface area (TPSA) is 84.7 Å². The molecular weight excluding hydrogens is 370 g/mol. The molecule has 1 aliphatic rings. The van der Waals surface area contributed by atoms with Gasteiger partial charge in [-0.25, -0.2) is 4.98 Å². The average Bonchev–Trinajstić information content (AvgIpc) is 3.41. The van der Waals surface area contributed by atoms with Gasteiger partial charge in [0.15, 0.2) is 12.4 Å². The molecule has 29 heavy (non-hydrogen) atoms. The SMILES string of the molecule is O=C(COc1cccc(N2CCCC2=O)c1)NCc1ncc(-c2ccccc2)o1. The van der Waals surface area contributed by atoms with Crippen molar-refractivity contribution in [3.8, 4) is 17.1 Å². The molecule has 3 aromatic rings. The molecule has 2 amide bonds. The summed E-state index contributed by atoms with van der Waals surface area (Å²) >= 11 is 0. The number of carbonyl (C=O) groups excluding carboxylic acids is 2. The molecule has 1 aromatic heterocycles. The lowest BCUT2D eigenvalue weighted by molar-refractivity contribution is -0.123. The van der Waals surface area contributed by atoms with Crippen LogP contribution in [0.1, 0.15) is 18.7 Å². The Labute approximate surface area is 168 Å². The van der Waals surface area contributed by atoms with Crippen LogP contribution in [0.25, 0.3) is 11.3 Å². The van der Waals surface area contributed by atoms with Gasteiger partial charge in [0, 0.05) is 30.3 Å². The zero-order chi connectivity index (χ0) is 20.1. The first kappa shape index (κ1) is 18.7. The summed E-state index contributed by atoms with van der Waals surface area (Å²) in [5, 5.41) is 2.73. The van der Waals surface area contributed by atoms with Gasteiger partial charge in [-0.1, -0.05) is 36.4 Å². The van der Waals surface area contributed by atoms with E-state index in [1.807, 2.05) is 42.5 Å². The van der Waals surface area contributed by atoms with Gasteiger partial charge >= 0.3 is 0 Å². The van der Waals surface area contributed by atoms with Crippen molar-refractivity contribution in [3.63, 3.8) is 0 Å². The summed E-state index contributed by atoms with van der Waals surface area (Å²) in [6.07, 6.45) is 3.07. The van der Waals surface area contributed by atoms with Gasteiger partial charge in [-0.3, -0.25) is 9.59 Å². The highest BCUT2D eigenvalue weighted by Crippen LogP contribution is 2.25. The largest absolute Gasteiger partial charge is 0.484 e. The van der Waals surface area contributed by atoms with Crippen molar-refractivity contribution in [2.45, 2.75) is 19.4 Å². The van der Waals surface area contributed by atoms with E-state index in [2.05, 4.69) is 10.3 Å². The third-order valence-electron chi connectivity index (χ3n) is 4.62. The van der Waals surface area contributed by atoms with Crippen molar-refractivity contribution in [1.82, 2.24) is 10.3 Å². The number of nitrogens with one attached hydrogen (secondary N) is 1. The molecule has 1 aliphatic heterocycles. The molecule has 7 nitrogen and oxygen atoms in total. The summed E-state index contributed by atoms with van der Waals surface area (Å²) in [6, 6.07) is 16.8. The van der Waals surface area contributed by atoms with Crippen LogP contribution in [0.3, 0.4) is 0 Å². The quantitative estimate of drug-likeness (QED) is 0.669. The Morgan fingerprint density at radius 3 is 2.83 bits per heavy atom. The van der Waals surface area contributed by atoms with Crippen LogP contribution in [0.4, 0.5) is 5.69 Å². The third kappa shape index (κ3) is 4.63. The molecule has 2 aromatic carbocycles. The summed E-state index contributed by atoms with van der Waals surface area (Å²) in [5.41, 5.74) is 1.72. The number of benzene rings is 2. The normalized spacial score (nSPS) is 13.5. The van der Waals surface area contributed by atoms with Crippen LogP contribution in [0.5, 0.6) is 5.75 Å². The third-order valence-corrected chi connectivity index (χ3v) is 4.62. The number of rotatable bonds is 7. The van der Waals surface area contributed by atoms with Crippen LogP contribution < -0.4 is 15.0 Å². The zero-order valence-corrected chi connectivity index (χ0v) is 15.8. The van der Waals surface area contributed by atoms with E-state index in [9.17, 15) is 9.59 Å². The molecule has 0 bridgehead atoms. The highest BCUT2D eigenvalue weighted by molar-refractivity contribution is 5.95. The Bertz CT molecular complexity index is 1000. The first-order valence-corrected chi connectivity index (χ1v) is 9.49. The Morgan fingerprint density at radius 2 is 2.03 bits per heavy atom. The highest BCUT2D eigenvalue weighted by atomic mass is 16.5. The van der Waals surface area contributed by atoms with Crippen molar-refractivity contribution in [2.24, 2.45) is 0 Å². The van der Waals surface area contributed by atoms with Crippen LogP contribution in [0.2, 0.25) is 0 Å². The number of aromatic nitrogens is 1. The van der Waals surface area contributed by atoms with Crippen molar-refractivity contribution >= 4 is 17.5 Å². The van der Waals surface area contributed by atoms with E-state index >= 15 is 0 Å². The Kier molecular flexibility index (Phi) is 5.56. The van der Waals surface area contributed by atoms with Gasteiger partial charge in [-0.2, -0.15) is 0 Å². The standard InChI is InChI=1S/C22H21N3O4/c26-20(23-14-21-24-13-19(29-21)16-6-2-1-3-7-16)15-28-18-9-4-8-17(12-18)25-11-5-10-22(25)27/h1-4,6-9,12-13H,5,10-11,14-15H2,(H,23,26). The fourth-order valence-electron chi connectivity index (χ4n) is 3.16. The predicted octanol–water partition coefficient (Wildman–Crippen LogP) is 3.16. The summed E-state index contributed by atoms with van der Waals surface area (Å²) in [7, 11) is 0. The van der Waals surface area contributed by atoms with E-state index in [0.717, 1.165) is 17.7 Å². The number of hydrogen-bond acceptors (Lipinski definition) is 5. The van der Waals surface area contributed by atoms with Crippen molar-refractivity contribution in [2.75, 3.05) is 18.1 Å². The number of hydrogen-bond donors (Lipinski definition) is 1. The number of nitrogens with zero attached hydrogens (tertiary/aromatic N) is 2. The fraction of sp³-hybridized carbons (Fsp3) is 0.227. The van der Waals surface area contributed by atoms with E-state index in [0.29, 0.717) is 30.4 Å². The summed E-state index contributed by atoms with van der Waals surface area (Å²) < 4.78 is 11.2.